The second kappa shape index (κ2) is 17.5. The highest BCUT2D eigenvalue weighted by Gasteiger charge is 2.05. The summed E-state index contributed by atoms with van der Waals surface area (Å²) < 4.78 is 16.3. The minimum atomic E-state index is -0.252. The standard InChI is InChI=1S/C26H32N2O6S/c1-28(26(31)11-6-14-29)13-16-33-18-20-34-19-17-32-15-12-25(30)27-22-7-5-10-24(21-22)35-23-8-3-2-4-9-23/h2-11,14,21H,12-13,15-20H2,1H3,(H,27,30)/b11-6-. The number of likely N-dealkylation sites (N-methyl/N-ethyl adjacent to an activating group) is 1. The van der Waals surface area contributed by atoms with E-state index >= 15 is 0 Å². The van der Waals surface area contributed by atoms with Gasteiger partial charge in [0.1, 0.15) is 6.29 Å². The lowest BCUT2D eigenvalue weighted by Crippen LogP contribution is -2.29. The molecule has 1 N–H and O–H groups in total. The monoisotopic (exact) mass is 500 g/mol. The van der Waals surface area contributed by atoms with E-state index in [-0.39, 0.29) is 18.2 Å². The van der Waals surface area contributed by atoms with E-state index in [0.29, 0.717) is 52.5 Å². The van der Waals surface area contributed by atoms with Gasteiger partial charge in [-0.05, 0) is 36.4 Å². The van der Waals surface area contributed by atoms with Crippen LogP contribution in [0.25, 0.3) is 0 Å². The summed E-state index contributed by atoms with van der Waals surface area (Å²) in [6.45, 7) is 2.70. The van der Waals surface area contributed by atoms with Crippen LogP contribution in [0.4, 0.5) is 5.69 Å². The van der Waals surface area contributed by atoms with Gasteiger partial charge in [-0.3, -0.25) is 14.4 Å². The van der Waals surface area contributed by atoms with Crippen LogP contribution in [-0.4, -0.2) is 76.2 Å². The fourth-order valence-electron chi connectivity index (χ4n) is 2.75. The molecule has 0 unspecified atom stereocenters. The highest BCUT2D eigenvalue weighted by molar-refractivity contribution is 7.99. The van der Waals surface area contributed by atoms with Crippen LogP contribution in [0.15, 0.2) is 76.5 Å². The normalized spacial score (nSPS) is 10.9. The minimum Gasteiger partial charge on any atom is -0.379 e. The van der Waals surface area contributed by atoms with Crippen molar-refractivity contribution < 1.29 is 28.6 Å². The number of hydrogen-bond acceptors (Lipinski definition) is 7. The summed E-state index contributed by atoms with van der Waals surface area (Å²) >= 11 is 1.64. The van der Waals surface area contributed by atoms with Crippen LogP contribution in [0.1, 0.15) is 6.42 Å². The fraction of sp³-hybridized carbons (Fsp3) is 0.346. The van der Waals surface area contributed by atoms with Crippen molar-refractivity contribution in [3.05, 3.63) is 66.7 Å². The van der Waals surface area contributed by atoms with E-state index in [2.05, 4.69) is 5.32 Å². The van der Waals surface area contributed by atoms with Gasteiger partial charge in [0.2, 0.25) is 11.8 Å². The number of amides is 2. The third-order valence-electron chi connectivity index (χ3n) is 4.58. The minimum absolute atomic E-state index is 0.105. The molecule has 0 aliphatic rings. The summed E-state index contributed by atoms with van der Waals surface area (Å²) in [6.07, 6.45) is 3.19. The van der Waals surface area contributed by atoms with Crippen molar-refractivity contribution in [2.45, 2.75) is 16.2 Å². The Hall–Kier alpha value is -2.98. The zero-order valence-electron chi connectivity index (χ0n) is 19.9. The zero-order chi connectivity index (χ0) is 25.1. The topological polar surface area (TPSA) is 94.2 Å². The third-order valence-corrected chi connectivity index (χ3v) is 5.58. The zero-order valence-corrected chi connectivity index (χ0v) is 20.7. The van der Waals surface area contributed by atoms with E-state index in [0.717, 1.165) is 21.6 Å². The Balaban J connectivity index is 1.47. The molecule has 9 heteroatoms. The van der Waals surface area contributed by atoms with E-state index in [1.54, 1.807) is 18.8 Å². The number of ether oxygens (including phenoxy) is 3. The van der Waals surface area contributed by atoms with Crippen LogP contribution in [-0.2, 0) is 28.6 Å². The lowest BCUT2D eigenvalue weighted by molar-refractivity contribution is -0.125. The molecule has 0 radical (unpaired) electrons. The maximum Gasteiger partial charge on any atom is 0.246 e. The first-order valence-electron chi connectivity index (χ1n) is 11.3. The number of carbonyl (C=O) groups is 3. The number of benzene rings is 2. The molecule has 0 atom stereocenters. The van der Waals surface area contributed by atoms with Gasteiger partial charge >= 0.3 is 0 Å². The van der Waals surface area contributed by atoms with Gasteiger partial charge in [0.15, 0.2) is 0 Å². The maximum atomic E-state index is 12.2. The SMILES string of the molecule is CN(CCOCCOCCOCCC(=O)Nc1cccc(Sc2ccccc2)c1)C(=O)/C=C\C=O. The van der Waals surface area contributed by atoms with Gasteiger partial charge in [-0.1, -0.05) is 36.0 Å². The highest BCUT2D eigenvalue weighted by atomic mass is 32.2. The van der Waals surface area contributed by atoms with Crippen LogP contribution >= 0.6 is 11.8 Å². The highest BCUT2D eigenvalue weighted by Crippen LogP contribution is 2.29. The van der Waals surface area contributed by atoms with Crippen molar-refractivity contribution in [1.82, 2.24) is 4.90 Å². The van der Waals surface area contributed by atoms with Gasteiger partial charge in [0.05, 0.1) is 46.1 Å². The first-order valence-corrected chi connectivity index (χ1v) is 12.1. The number of anilines is 1. The Morgan fingerprint density at radius 1 is 0.886 bits per heavy atom. The average molecular weight is 501 g/mol. The summed E-state index contributed by atoms with van der Waals surface area (Å²) in [5.41, 5.74) is 0.757. The predicted molar refractivity (Wildman–Crippen MR) is 136 cm³/mol. The molecule has 2 amide bonds. The summed E-state index contributed by atoms with van der Waals surface area (Å²) in [5, 5.41) is 2.90. The largest absolute Gasteiger partial charge is 0.379 e. The molecular formula is C26H32N2O6S. The summed E-state index contributed by atoms with van der Waals surface area (Å²) in [4.78, 5) is 37.6. The molecule has 2 aromatic rings. The Morgan fingerprint density at radius 3 is 2.26 bits per heavy atom. The lowest BCUT2D eigenvalue weighted by atomic mass is 10.3. The molecule has 0 aliphatic heterocycles. The van der Waals surface area contributed by atoms with E-state index in [9.17, 15) is 14.4 Å². The molecule has 0 bridgehead atoms. The Bertz CT molecular complexity index is 938. The molecule has 188 valence electrons. The van der Waals surface area contributed by atoms with Gasteiger partial charge in [-0.15, -0.1) is 0 Å². The Labute approximate surface area is 210 Å². The number of nitrogens with zero attached hydrogens (tertiary/aromatic N) is 1. The smallest absolute Gasteiger partial charge is 0.246 e. The summed E-state index contributed by atoms with van der Waals surface area (Å²) in [7, 11) is 1.64. The Morgan fingerprint density at radius 2 is 1.54 bits per heavy atom. The van der Waals surface area contributed by atoms with E-state index in [4.69, 9.17) is 14.2 Å². The number of hydrogen-bond donors (Lipinski definition) is 1. The molecule has 2 rings (SSSR count). The van der Waals surface area contributed by atoms with Gasteiger partial charge < -0.3 is 24.4 Å². The van der Waals surface area contributed by atoms with Gasteiger partial charge in [0, 0.05) is 35.1 Å². The summed E-state index contributed by atoms with van der Waals surface area (Å²) in [6, 6.07) is 17.8. The molecule has 8 nitrogen and oxygen atoms in total. The first kappa shape index (κ1) is 28.3. The van der Waals surface area contributed by atoms with Crippen molar-refractivity contribution >= 4 is 35.5 Å². The van der Waals surface area contributed by atoms with Crippen LogP contribution < -0.4 is 5.32 Å². The van der Waals surface area contributed by atoms with Crippen molar-refractivity contribution in [1.29, 1.82) is 0 Å². The molecule has 35 heavy (non-hydrogen) atoms. The molecule has 0 saturated heterocycles. The number of nitrogens with one attached hydrogen (secondary N) is 1. The molecule has 0 aliphatic carbocycles. The van der Waals surface area contributed by atoms with Crippen LogP contribution in [0.2, 0.25) is 0 Å². The first-order chi connectivity index (χ1) is 17.1. The van der Waals surface area contributed by atoms with Crippen molar-refractivity contribution in [2.75, 3.05) is 58.6 Å². The van der Waals surface area contributed by atoms with Gasteiger partial charge in [-0.2, -0.15) is 0 Å². The van der Waals surface area contributed by atoms with Crippen molar-refractivity contribution in [3.63, 3.8) is 0 Å². The molecule has 0 heterocycles. The third kappa shape index (κ3) is 12.9. The van der Waals surface area contributed by atoms with Crippen molar-refractivity contribution in [2.24, 2.45) is 0 Å². The summed E-state index contributed by atoms with van der Waals surface area (Å²) in [5.74, 6) is -0.357. The number of carbonyl (C=O) groups excluding carboxylic acids is 3. The van der Waals surface area contributed by atoms with Gasteiger partial charge in [0.25, 0.3) is 0 Å². The molecule has 0 saturated carbocycles. The van der Waals surface area contributed by atoms with Crippen LogP contribution in [0, 0.1) is 0 Å². The van der Waals surface area contributed by atoms with Gasteiger partial charge in [-0.25, -0.2) is 0 Å². The second-order valence-electron chi connectivity index (χ2n) is 7.33. The maximum absolute atomic E-state index is 12.2. The quantitative estimate of drug-likeness (QED) is 0.202. The van der Waals surface area contributed by atoms with Crippen molar-refractivity contribution in [3.8, 4) is 0 Å². The van der Waals surface area contributed by atoms with E-state index in [1.807, 2.05) is 54.6 Å². The van der Waals surface area contributed by atoms with E-state index in [1.165, 1.54) is 11.0 Å². The lowest BCUT2D eigenvalue weighted by Gasteiger charge is -2.14. The van der Waals surface area contributed by atoms with E-state index < -0.39 is 0 Å². The molecule has 0 aromatic heterocycles. The molecule has 0 fully saturated rings. The Kier molecular flexibility index (Phi) is 14.1. The number of rotatable bonds is 17. The fourth-order valence-corrected chi connectivity index (χ4v) is 3.65. The molecule has 0 spiro atoms. The second-order valence-corrected chi connectivity index (χ2v) is 8.48. The number of allylic oxidation sites excluding steroid dienone is 1. The predicted octanol–water partition coefficient (Wildman–Crippen LogP) is 3.43. The average Bonchev–Trinajstić information content (AvgIpc) is 2.86. The number of aldehydes is 1. The molecular weight excluding hydrogens is 468 g/mol. The molecule has 2 aromatic carbocycles. The van der Waals surface area contributed by atoms with Crippen LogP contribution in [0.5, 0.6) is 0 Å². The van der Waals surface area contributed by atoms with Crippen LogP contribution in [0.3, 0.4) is 0 Å².